The van der Waals surface area contributed by atoms with Crippen LogP contribution in [0, 0.1) is 12.8 Å². The summed E-state index contributed by atoms with van der Waals surface area (Å²) in [6, 6.07) is 1.81. The molecule has 7 nitrogen and oxygen atoms in total. The van der Waals surface area contributed by atoms with Gasteiger partial charge in [0, 0.05) is 30.5 Å². The molecule has 3 rings (SSSR count). The van der Waals surface area contributed by atoms with E-state index in [-0.39, 0.29) is 30.3 Å². The second kappa shape index (κ2) is 5.77. The van der Waals surface area contributed by atoms with Gasteiger partial charge in [0.2, 0.25) is 5.82 Å². The maximum Gasteiger partial charge on any atom is 0.291 e. The van der Waals surface area contributed by atoms with Crippen molar-refractivity contribution in [3.63, 3.8) is 0 Å². The smallest absolute Gasteiger partial charge is 0.291 e. The molecule has 2 aromatic rings. The second-order valence-electron chi connectivity index (χ2n) is 5.54. The Morgan fingerprint density at radius 3 is 3.05 bits per heavy atom. The lowest BCUT2D eigenvalue weighted by Crippen LogP contribution is -2.43. The fraction of sp³-hybridized carbons (Fsp3) is 0.571. The van der Waals surface area contributed by atoms with Crippen LogP contribution < -0.4 is 5.32 Å². The molecule has 0 aliphatic heterocycles. The van der Waals surface area contributed by atoms with Crippen LogP contribution in [0.3, 0.4) is 0 Å². The zero-order chi connectivity index (χ0) is 14.8. The monoisotopic (exact) mass is 289 g/mol. The zero-order valence-corrected chi connectivity index (χ0v) is 12.0. The van der Waals surface area contributed by atoms with Crippen LogP contribution in [0.5, 0.6) is 0 Å². The van der Waals surface area contributed by atoms with Crippen LogP contribution in [-0.4, -0.2) is 43.2 Å². The number of aryl methyl sites for hydroxylation is 1. The third kappa shape index (κ3) is 2.73. The Labute approximate surface area is 122 Å². The summed E-state index contributed by atoms with van der Waals surface area (Å²) in [5.41, 5.74) is 0.873. The minimum absolute atomic E-state index is 0.00285. The van der Waals surface area contributed by atoms with Crippen molar-refractivity contribution in [1.82, 2.24) is 24.9 Å². The number of carbonyl (C=O) groups excluding carboxylic acids is 1. The highest BCUT2D eigenvalue weighted by atomic mass is 16.3. The summed E-state index contributed by atoms with van der Waals surface area (Å²) in [4.78, 5) is 20.5. The Hall–Kier alpha value is -2.02. The molecule has 1 aliphatic carbocycles. The molecule has 2 heterocycles. The van der Waals surface area contributed by atoms with Gasteiger partial charge in [-0.1, -0.05) is 12.8 Å². The molecule has 7 heteroatoms. The number of aliphatic hydroxyl groups excluding tert-OH is 1. The molecule has 0 radical (unpaired) electrons. The SMILES string of the molecule is Cc1ccnc2nc(C(=O)NC3CCCCC3CO)nn12. The van der Waals surface area contributed by atoms with Crippen LogP contribution in [-0.2, 0) is 0 Å². The molecule has 0 saturated heterocycles. The first-order valence-electron chi connectivity index (χ1n) is 7.29. The summed E-state index contributed by atoms with van der Waals surface area (Å²) < 4.78 is 1.55. The van der Waals surface area contributed by atoms with Crippen molar-refractivity contribution in [1.29, 1.82) is 0 Å². The Balaban J connectivity index is 1.78. The van der Waals surface area contributed by atoms with Gasteiger partial charge in [0.1, 0.15) is 0 Å². The van der Waals surface area contributed by atoms with Crippen LogP contribution >= 0.6 is 0 Å². The molecule has 21 heavy (non-hydrogen) atoms. The maximum absolute atomic E-state index is 12.3. The number of nitrogens with one attached hydrogen (secondary N) is 1. The third-order valence-electron chi connectivity index (χ3n) is 4.09. The summed E-state index contributed by atoms with van der Waals surface area (Å²) in [6.07, 6.45) is 5.65. The fourth-order valence-corrected chi connectivity index (χ4v) is 2.85. The van der Waals surface area contributed by atoms with Gasteiger partial charge in [0.05, 0.1) is 0 Å². The van der Waals surface area contributed by atoms with Crippen LogP contribution in [0.25, 0.3) is 5.78 Å². The van der Waals surface area contributed by atoms with Crippen LogP contribution in [0.1, 0.15) is 42.0 Å². The average Bonchev–Trinajstić information content (AvgIpc) is 2.93. The van der Waals surface area contributed by atoms with E-state index in [9.17, 15) is 9.90 Å². The minimum Gasteiger partial charge on any atom is -0.396 e. The van der Waals surface area contributed by atoms with E-state index in [4.69, 9.17) is 0 Å². The molecule has 0 bridgehead atoms. The molecule has 1 fully saturated rings. The van der Waals surface area contributed by atoms with Crippen molar-refractivity contribution in [3.05, 3.63) is 23.8 Å². The van der Waals surface area contributed by atoms with E-state index < -0.39 is 0 Å². The van der Waals surface area contributed by atoms with E-state index >= 15 is 0 Å². The molecular formula is C14H19N5O2. The molecule has 2 unspecified atom stereocenters. The molecule has 2 atom stereocenters. The summed E-state index contributed by atoms with van der Waals surface area (Å²) >= 11 is 0. The van der Waals surface area contributed by atoms with Crippen molar-refractivity contribution in [2.45, 2.75) is 38.6 Å². The highest BCUT2D eigenvalue weighted by Crippen LogP contribution is 2.24. The third-order valence-corrected chi connectivity index (χ3v) is 4.09. The molecule has 0 spiro atoms. The van der Waals surface area contributed by atoms with Crippen LogP contribution in [0.4, 0.5) is 0 Å². The first-order chi connectivity index (χ1) is 10.2. The maximum atomic E-state index is 12.3. The number of nitrogens with zero attached hydrogens (tertiary/aromatic N) is 4. The number of hydrogen-bond acceptors (Lipinski definition) is 5. The van der Waals surface area contributed by atoms with E-state index in [2.05, 4.69) is 20.4 Å². The molecule has 1 saturated carbocycles. The van der Waals surface area contributed by atoms with Gasteiger partial charge in [-0.25, -0.2) is 9.50 Å². The van der Waals surface area contributed by atoms with Gasteiger partial charge in [0.15, 0.2) is 0 Å². The lowest BCUT2D eigenvalue weighted by atomic mass is 9.85. The summed E-state index contributed by atoms with van der Waals surface area (Å²) in [6.45, 7) is 1.98. The van der Waals surface area contributed by atoms with Crippen molar-refractivity contribution < 1.29 is 9.90 Å². The van der Waals surface area contributed by atoms with Crippen molar-refractivity contribution in [3.8, 4) is 0 Å². The first-order valence-corrected chi connectivity index (χ1v) is 7.29. The largest absolute Gasteiger partial charge is 0.396 e. The van der Waals surface area contributed by atoms with Gasteiger partial charge in [-0.15, -0.1) is 5.10 Å². The van der Waals surface area contributed by atoms with Gasteiger partial charge >= 0.3 is 0 Å². The molecule has 2 N–H and O–H groups in total. The number of aliphatic hydroxyl groups is 1. The minimum atomic E-state index is -0.301. The van der Waals surface area contributed by atoms with Crippen LogP contribution in [0.15, 0.2) is 12.3 Å². The van der Waals surface area contributed by atoms with Crippen LogP contribution in [0.2, 0.25) is 0 Å². The number of amides is 1. The Bertz CT molecular complexity index is 654. The predicted molar refractivity (Wildman–Crippen MR) is 75.8 cm³/mol. The molecule has 1 aliphatic rings. The first kappa shape index (κ1) is 13.9. The predicted octanol–water partition coefficient (Wildman–Crippen LogP) is 0.714. The van der Waals surface area contributed by atoms with Gasteiger partial charge in [0.25, 0.3) is 11.7 Å². The van der Waals surface area contributed by atoms with Gasteiger partial charge in [-0.2, -0.15) is 4.98 Å². The number of fused-ring (bicyclic) bond motifs is 1. The number of hydrogen-bond donors (Lipinski definition) is 2. The summed E-state index contributed by atoms with van der Waals surface area (Å²) in [5, 5.41) is 16.5. The van der Waals surface area contributed by atoms with E-state index in [1.54, 1.807) is 10.7 Å². The zero-order valence-electron chi connectivity index (χ0n) is 12.0. The van der Waals surface area contributed by atoms with Crippen molar-refractivity contribution >= 4 is 11.7 Å². The number of carbonyl (C=O) groups is 1. The van der Waals surface area contributed by atoms with E-state index in [0.717, 1.165) is 31.4 Å². The summed E-state index contributed by atoms with van der Waals surface area (Å²) in [7, 11) is 0. The Morgan fingerprint density at radius 2 is 2.29 bits per heavy atom. The van der Waals surface area contributed by atoms with Gasteiger partial charge < -0.3 is 10.4 Å². The van der Waals surface area contributed by atoms with E-state index in [1.807, 2.05) is 13.0 Å². The van der Waals surface area contributed by atoms with E-state index in [1.165, 1.54) is 0 Å². The lowest BCUT2D eigenvalue weighted by molar-refractivity contribution is 0.0862. The number of rotatable bonds is 3. The lowest BCUT2D eigenvalue weighted by Gasteiger charge is -2.30. The molecule has 112 valence electrons. The topological polar surface area (TPSA) is 92.4 Å². The van der Waals surface area contributed by atoms with E-state index in [0.29, 0.717) is 5.78 Å². The highest BCUT2D eigenvalue weighted by Gasteiger charge is 2.27. The molecule has 1 amide bonds. The van der Waals surface area contributed by atoms with Crippen molar-refractivity contribution in [2.24, 2.45) is 5.92 Å². The van der Waals surface area contributed by atoms with Gasteiger partial charge in [-0.05, 0) is 25.8 Å². The molecule has 0 aromatic carbocycles. The second-order valence-corrected chi connectivity index (χ2v) is 5.54. The van der Waals surface area contributed by atoms with Gasteiger partial charge in [-0.3, -0.25) is 4.79 Å². The molecule has 2 aromatic heterocycles. The molecular weight excluding hydrogens is 270 g/mol. The normalized spacial score (nSPS) is 22.4. The fourth-order valence-electron chi connectivity index (χ4n) is 2.85. The Kier molecular flexibility index (Phi) is 3.83. The Morgan fingerprint density at radius 1 is 1.48 bits per heavy atom. The quantitative estimate of drug-likeness (QED) is 0.868. The summed E-state index contributed by atoms with van der Waals surface area (Å²) in [5.74, 6) is 0.367. The average molecular weight is 289 g/mol. The highest BCUT2D eigenvalue weighted by molar-refractivity contribution is 5.91. The standard InChI is InChI=1S/C14H19N5O2/c1-9-6-7-15-14-17-12(18-19(9)14)13(21)16-11-5-3-2-4-10(11)8-20/h6-7,10-11,20H,2-5,8H2,1H3,(H,16,21). The number of aromatic nitrogens is 4. The van der Waals surface area contributed by atoms with Crippen molar-refractivity contribution in [2.75, 3.05) is 6.61 Å².